The highest BCUT2D eigenvalue weighted by Crippen LogP contribution is 2.57. The third-order valence-electron chi connectivity index (χ3n) is 5.32. The molecule has 0 aliphatic heterocycles. The van der Waals surface area contributed by atoms with Gasteiger partial charge in [0.05, 0.1) is 23.5 Å². The van der Waals surface area contributed by atoms with Gasteiger partial charge in [-0.2, -0.15) is 10.6 Å². The van der Waals surface area contributed by atoms with Crippen molar-refractivity contribution in [2.45, 2.75) is 23.5 Å². The van der Waals surface area contributed by atoms with Crippen LogP contribution in [-0.4, -0.2) is 52.4 Å². The van der Waals surface area contributed by atoms with E-state index in [1.54, 1.807) is 30.3 Å². The monoisotopic (exact) mass is 474 g/mol. The number of halogens is 1. The minimum atomic E-state index is -2.48. The predicted molar refractivity (Wildman–Crippen MR) is 131 cm³/mol. The molecule has 0 spiro atoms. The minimum absolute atomic E-state index is 0.0755. The summed E-state index contributed by atoms with van der Waals surface area (Å²) in [5.41, 5.74) is 6.70. The second kappa shape index (κ2) is 10.3. The molecule has 0 bridgehead atoms. The van der Waals surface area contributed by atoms with Gasteiger partial charge < -0.3 is 10.6 Å². The van der Waals surface area contributed by atoms with Gasteiger partial charge in [0, 0.05) is 10.3 Å². The van der Waals surface area contributed by atoms with Crippen molar-refractivity contribution >= 4 is 27.9 Å². The van der Waals surface area contributed by atoms with Gasteiger partial charge in [-0.25, -0.2) is 9.37 Å². The Morgan fingerprint density at radius 1 is 1.21 bits per heavy atom. The first-order valence-corrected chi connectivity index (χ1v) is 11.9. The molecule has 2 unspecified atom stereocenters. The van der Waals surface area contributed by atoms with Gasteiger partial charge in [-0.05, 0) is 75.4 Å². The molecule has 2 aromatic carbocycles. The Kier molecular flexibility index (Phi) is 7.75. The summed E-state index contributed by atoms with van der Waals surface area (Å²) in [6.07, 6.45) is 2.22. The van der Waals surface area contributed by atoms with Crippen LogP contribution in [-0.2, 0) is 4.18 Å². The maximum absolute atomic E-state index is 14.1. The predicted octanol–water partition coefficient (Wildman–Crippen LogP) is 5.00. The summed E-state index contributed by atoms with van der Waals surface area (Å²) in [5.74, 6) is -0.992. The molecule has 176 valence electrons. The molecule has 3 aromatic rings. The molecule has 0 saturated heterocycles. The van der Waals surface area contributed by atoms with Gasteiger partial charge in [0.1, 0.15) is 0 Å². The molecular formula is C23H29FN5O3S+. The van der Waals surface area contributed by atoms with Crippen LogP contribution >= 0.6 is 10.6 Å². The number of nitrogens with two attached hydrogens (primary N) is 1. The number of benzene rings is 2. The lowest BCUT2D eigenvalue weighted by Gasteiger charge is -2.42. The molecule has 8 nitrogen and oxygen atoms in total. The maximum atomic E-state index is 14.1. The summed E-state index contributed by atoms with van der Waals surface area (Å²) in [7, 11) is 3.00. The van der Waals surface area contributed by atoms with E-state index in [2.05, 4.69) is 14.9 Å². The molecule has 0 radical (unpaired) electrons. The molecule has 0 aliphatic rings. The first-order chi connectivity index (χ1) is 15.7. The Morgan fingerprint density at radius 3 is 2.48 bits per heavy atom. The summed E-state index contributed by atoms with van der Waals surface area (Å²) in [4.78, 5) is 23.9. The zero-order valence-electron chi connectivity index (χ0n) is 19.1. The number of nitroso groups, excluding NO2 is 1. The quantitative estimate of drug-likeness (QED) is 0.420. The highest BCUT2D eigenvalue weighted by Gasteiger charge is 2.28. The molecule has 10 heteroatoms. The van der Waals surface area contributed by atoms with Gasteiger partial charge >= 0.3 is 5.82 Å². The Balaban J connectivity index is 1.90. The van der Waals surface area contributed by atoms with Gasteiger partial charge in [-0.3, -0.25) is 8.74 Å². The number of hydrogen-bond acceptors (Lipinski definition) is 7. The number of aromatic nitrogens is 2. The topological polar surface area (TPSA) is 105 Å². The summed E-state index contributed by atoms with van der Waals surface area (Å²) in [5, 5.41) is -0.0755. The Hall–Kier alpha value is -2.92. The maximum Gasteiger partial charge on any atom is 0.410 e. The standard InChI is InChI=1S/C23H28FN5O3S/c1-16(13-14-28(2)3)33(31,32-4)18-11-9-17(10-12-18)20-15-26-22(25)23(27-20)29(30)21-8-6-5-7-19(21)24/h5-12,15-16H,13-14H2,1-4H3,(H2-,25,26,31)/p+1. The third kappa shape index (κ3) is 5.36. The molecule has 1 heterocycles. The van der Waals surface area contributed by atoms with Crippen molar-refractivity contribution in [1.82, 2.24) is 19.6 Å². The first kappa shape index (κ1) is 24.7. The van der Waals surface area contributed by atoms with Crippen molar-refractivity contribution in [3.63, 3.8) is 0 Å². The lowest BCUT2D eigenvalue weighted by molar-refractivity contribution is 0.364. The molecule has 0 amide bonds. The van der Waals surface area contributed by atoms with Crippen molar-refractivity contribution < 1.29 is 13.1 Å². The Labute approximate surface area is 194 Å². The number of para-hydroxylation sites is 1. The van der Waals surface area contributed by atoms with E-state index in [9.17, 15) is 13.9 Å². The van der Waals surface area contributed by atoms with E-state index >= 15 is 0 Å². The van der Waals surface area contributed by atoms with Crippen LogP contribution in [0.2, 0.25) is 0 Å². The van der Waals surface area contributed by atoms with E-state index in [0.717, 1.165) is 13.0 Å². The van der Waals surface area contributed by atoms with Crippen LogP contribution in [0.15, 0.2) is 59.6 Å². The second-order valence-corrected chi connectivity index (χ2v) is 10.6. The number of nitrogen functional groups attached to an aromatic ring is 1. The van der Waals surface area contributed by atoms with E-state index < -0.39 is 16.4 Å². The fraction of sp³-hybridized carbons (Fsp3) is 0.304. The summed E-state index contributed by atoms with van der Waals surface area (Å²) < 4.78 is 31.2. The average Bonchev–Trinajstić information content (AvgIpc) is 2.82. The van der Waals surface area contributed by atoms with Crippen molar-refractivity contribution in [3.8, 4) is 11.3 Å². The van der Waals surface area contributed by atoms with Crippen LogP contribution in [0.4, 0.5) is 21.7 Å². The van der Waals surface area contributed by atoms with Crippen LogP contribution in [0.5, 0.6) is 0 Å². The number of rotatable bonds is 9. The highest BCUT2D eigenvalue weighted by atomic mass is 32.3. The van der Waals surface area contributed by atoms with E-state index in [1.807, 2.05) is 21.0 Å². The molecule has 3 N–H and O–H groups in total. The molecule has 0 saturated carbocycles. The third-order valence-corrected chi connectivity index (χ3v) is 8.10. The highest BCUT2D eigenvalue weighted by molar-refractivity contribution is 8.25. The summed E-state index contributed by atoms with van der Waals surface area (Å²) in [6.45, 7) is 2.80. The van der Waals surface area contributed by atoms with Crippen molar-refractivity contribution in [1.29, 1.82) is 0 Å². The first-order valence-electron chi connectivity index (χ1n) is 10.4. The van der Waals surface area contributed by atoms with Gasteiger partial charge in [0.2, 0.25) is 17.2 Å². The Bertz CT molecular complexity index is 1130. The van der Waals surface area contributed by atoms with Crippen LogP contribution in [0.25, 0.3) is 11.3 Å². The summed E-state index contributed by atoms with van der Waals surface area (Å²) in [6, 6.07) is 12.7. The minimum Gasteiger partial charge on any atom is -0.377 e. The van der Waals surface area contributed by atoms with Crippen molar-refractivity contribution in [2.75, 3.05) is 33.5 Å². The normalized spacial score (nSPS) is 15.1. The van der Waals surface area contributed by atoms with Gasteiger partial charge in [0.25, 0.3) is 0 Å². The van der Waals surface area contributed by atoms with Crippen LogP contribution in [0, 0.1) is 10.7 Å². The molecule has 0 fully saturated rings. The van der Waals surface area contributed by atoms with Gasteiger partial charge in [0.15, 0.2) is 5.82 Å². The van der Waals surface area contributed by atoms with E-state index in [4.69, 9.17) is 9.92 Å². The molecule has 2 atom stereocenters. The fourth-order valence-corrected chi connectivity index (χ4v) is 5.26. The molecule has 1 aromatic heterocycles. The zero-order chi connectivity index (χ0) is 24.2. The van der Waals surface area contributed by atoms with Crippen LogP contribution in [0.1, 0.15) is 13.3 Å². The largest absolute Gasteiger partial charge is 0.410 e. The van der Waals surface area contributed by atoms with Crippen LogP contribution in [0.3, 0.4) is 0 Å². The van der Waals surface area contributed by atoms with Crippen LogP contribution < -0.4 is 10.5 Å². The average molecular weight is 475 g/mol. The molecule has 0 aliphatic carbocycles. The molecule has 3 rings (SSSR count). The van der Waals surface area contributed by atoms with Crippen molar-refractivity contribution in [2.24, 2.45) is 0 Å². The molecule has 33 heavy (non-hydrogen) atoms. The fourth-order valence-electron chi connectivity index (χ4n) is 3.32. The lowest BCUT2D eigenvalue weighted by Crippen LogP contribution is -2.23. The number of hydrogen-bond donors (Lipinski definition) is 2. The number of anilines is 1. The zero-order valence-corrected chi connectivity index (χ0v) is 19.9. The smallest absolute Gasteiger partial charge is 0.377 e. The van der Waals surface area contributed by atoms with E-state index in [1.165, 1.54) is 31.5 Å². The van der Waals surface area contributed by atoms with Gasteiger partial charge in [-0.1, -0.05) is 17.0 Å². The second-order valence-electron chi connectivity index (χ2n) is 7.87. The van der Waals surface area contributed by atoms with Crippen molar-refractivity contribution in [3.05, 3.63) is 65.5 Å². The van der Waals surface area contributed by atoms with E-state index in [0.29, 0.717) is 20.9 Å². The Morgan fingerprint density at radius 2 is 1.88 bits per heavy atom. The lowest BCUT2D eigenvalue weighted by atomic mass is 10.1. The van der Waals surface area contributed by atoms with Gasteiger partial charge in [-0.15, -0.1) is 0 Å². The summed E-state index contributed by atoms with van der Waals surface area (Å²) >= 11 is 0. The van der Waals surface area contributed by atoms with E-state index in [-0.39, 0.29) is 22.6 Å². The molecular weight excluding hydrogens is 445 g/mol. The SMILES string of the molecule is COS(O)(c1ccc(-c2cnc(N)c([N+](=O)c3ccccc3F)n2)cc1)C(C)CCN(C)C. The number of nitrogens with zero attached hydrogens (tertiary/aromatic N) is 4.